The molecule has 29 heavy (non-hydrogen) atoms. The van der Waals surface area contributed by atoms with E-state index >= 15 is 0 Å². The van der Waals surface area contributed by atoms with Crippen molar-refractivity contribution in [1.82, 2.24) is 14.5 Å². The first kappa shape index (κ1) is 19.4. The number of aromatic nitrogens is 3. The summed E-state index contributed by atoms with van der Waals surface area (Å²) in [6, 6.07) is 17.0. The lowest BCUT2D eigenvalue weighted by molar-refractivity contribution is -0.115. The van der Waals surface area contributed by atoms with E-state index in [4.69, 9.17) is 0 Å². The lowest BCUT2D eigenvalue weighted by atomic mass is 10.2. The Morgan fingerprint density at radius 2 is 1.83 bits per heavy atom. The van der Waals surface area contributed by atoms with E-state index in [1.165, 1.54) is 27.7 Å². The third kappa shape index (κ3) is 4.08. The van der Waals surface area contributed by atoms with Crippen molar-refractivity contribution in [3.05, 3.63) is 70.3 Å². The summed E-state index contributed by atoms with van der Waals surface area (Å²) in [7, 11) is 1.67. The molecule has 1 atom stereocenters. The maximum Gasteiger partial charge on any atom is 0.261 e. The minimum Gasteiger partial charge on any atom is -0.301 e. The van der Waals surface area contributed by atoms with Crippen LogP contribution in [0.5, 0.6) is 0 Å². The molecule has 0 aliphatic rings. The van der Waals surface area contributed by atoms with Gasteiger partial charge in [0.1, 0.15) is 0 Å². The van der Waals surface area contributed by atoms with Gasteiger partial charge in [-0.2, -0.15) is 0 Å². The Hall–Kier alpha value is -2.97. The van der Waals surface area contributed by atoms with Gasteiger partial charge in [0.2, 0.25) is 5.91 Å². The zero-order valence-corrected chi connectivity index (χ0v) is 17.5. The van der Waals surface area contributed by atoms with Gasteiger partial charge in [0, 0.05) is 18.0 Å². The number of hydrogen-bond acceptors (Lipinski definition) is 6. The van der Waals surface area contributed by atoms with E-state index in [9.17, 15) is 9.59 Å². The number of fused-ring (bicyclic) bond motifs is 1. The maximum absolute atomic E-state index is 12.6. The average molecular weight is 423 g/mol. The number of carbonyl (C=O) groups is 1. The van der Waals surface area contributed by atoms with E-state index < -0.39 is 5.25 Å². The summed E-state index contributed by atoms with van der Waals surface area (Å²) in [6.45, 7) is 1.78. The van der Waals surface area contributed by atoms with Gasteiger partial charge in [0.15, 0.2) is 10.3 Å². The van der Waals surface area contributed by atoms with Crippen LogP contribution < -0.4 is 10.9 Å². The fraction of sp³-hybridized carbons (Fsp3) is 0.143. The number of benzene rings is 2. The molecule has 4 aromatic rings. The number of carbonyl (C=O) groups excluding carboxylic acids is 1. The number of para-hydroxylation sites is 1. The molecule has 0 fully saturated rings. The molecular formula is C21H18N4O2S2. The van der Waals surface area contributed by atoms with E-state index in [0.717, 1.165) is 11.3 Å². The van der Waals surface area contributed by atoms with Crippen LogP contribution in [0.4, 0.5) is 5.13 Å². The van der Waals surface area contributed by atoms with E-state index in [-0.39, 0.29) is 11.5 Å². The fourth-order valence-corrected chi connectivity index (χ4v) is 4.39. The highest BCUT2D eigenvalue weighted by molar-refractivity contribution is 8.00. The highest BCUT2D eigenvalue weighted by Gasteiger charge is 2.19. The number of anilines is 1. The highest BCUT2D eigenvalue weighted by atomic mass is 32.2. The molecule has 2 aromatic heterocycles. The van der Waals surface area contributed by atoms with Crippen LogP contribution in [0.1, 0.15) is 6.92 Å². The fourth-order valence-electron chi connectivity index (χ4n) is 2.79. The molecule has 0 spiro atoms. The summed E-state index contributed by atoms with van der Waals surface area (Å²) in [5, 5.41) is 5.93. The summed E-state index contributed by atoms with van der Waals surface area (Å²) in [5.74, 6) is -0.189. The molecule has 0 aliphatic heterocycles. The molecule has 0 aliphatic carbocycles. The summed E-state index contributed by atoms with van der Waals surface area (Å²) in [6.07, 6.45) is 0. The molecule has 0 radical (unpaired) electrons. The van der Waals surface area contributed by atoms with Crippen LogP contribution in [0.15, 0.2) is 69.9 Å². The first-order valence-corrected chi connectivity index (χ1v) is 10.7. The van der Waals surface area contributed by atoms with Gasteiger partial charge in [-0.1, -0.05) is 54.2 Å². The molecule has 146 valence electrons. The smallest absolute Gasteiger partial charge is 0.261 e. The molecule has 4 rings (SSSR count). The third-order valence-corrected chi connectivity index (χ3v) is 6.30. The Balaban J connectivity index is 1.49. The Bertz CT molecular complexity index is 1230. The first-order valence-electron chi connectivity index (χ1n) is 8.97. The van der Waals surface area contributed by atoms with Crippen LogP contribution >= 0.6 is 23.1 Å². The second-order valence-corrected chi connectivity index (χ2v) is 8.60. The van der Waals surface area contributed by atoms with Gasteiger partial charge in [-0.3, -0.25) is 14.2 Å². The number of hydrogen-bond donors (Lipinski definition) is 1. The normalized spacial score (nSPS) is 12.1. The maximum atomic E-state index is 12.6. The van der Waals surface area contributed by atoms with Gasteiger partial charge >= 0.3 is 0 Å². The summed E-state index contributed by atoms with van der Waals surface area (Å²) >= 11 is 2.63. The predicted molar refractivity (Wildman–Crippen MR) is 118 cm³/mol. The molecule has 2 aromatic carbocycles. The number of thiazole rings is 1. The van der Waals surface area contributed by atoms with Gasteiger partial charge in [0.05, 0.1) is 21.8 Å². The molecule has 1 unspecified atom stereocenters. The molecular weight excluding hydrogens is 404 g/mol. The van der Waals surface area contributed by atoms with Crippen molar-refractivity contribution < 1.29 is 4.79 Å². The molecule has 0 saturated heterocycles. The zero-order valence-electron chi connectivity index (χ0n) is 15.8. The number of nitrogens with zero attached hydrogens (tertiary/aromatic N) is 3. The third-order valence-electron chi connectivity index (χ3n) is 4.40. The van der Waals surface area contributed by atoms with Crippen LogP contribution in [0.2, 0.25) is 0 Å². The Morgan fingerprint density at radius 1 is 1.10 bits per heavy atom. The monoisotopic (exact) mass is 422 g/mol. The van der Waals surface area contributed by atoms with Crippen LogP contribution in [0.25, 0.3) is 22.2 Å². The Morgan fingerprint density at radius 3 is 2.62 bits per heavy atom. The second-order valence-electron chi connectivity index (χ2n) is 6.43. The summed E-state index contributed by atoms with van der Waals surface area (Å²) < 4.78 is 1.48. The van der Waals surface area contributed by atoms with Crippen molar-refractivity contribution in [3.8, 4) is 11.3 Å². The Kier molecular flexibility index (Phi) is 5.46. The van der Waals surface area contributed by atoms with Crippen molar-refractivity contribution in [2.45, 2.75) is 17.3 Å². The predicted octanol–water partition coefficient (Wildman–Crippen LogP) is 4.18. The summed E-state index contributed by atoms with van der Waals surface area (Å²) in [5.41, 5.74) is 2.32. The van der Waals surface area contributed by atoms with E-state index in [1.54, 1.807) is 26.1 Å². The quantitative estimate of drug-likeness (QED) is 0.386. The van der Waals surface area contributed by atoms with Gasteiger partial charge in [-0.15, -0.1) is 11.3 Å². The SMILES string of the molecule is CC(Sc1nc2ccccc2c(=O)n1C)C(=O)Nc1nc(-c2ccccc2)cs1. The largest absolute Gasteiger partial charge is 0.301 e. The minimum absolute atomic E-state index is 0.127. The van der Waals surface area contributed by atoms with E-state index in [1.807, 2.05) is 47.8 Å². The van der Waals surface area contributed by atoms with Crippen molar-refractivity contribution in [2.24, 2.45) is 7.05 Å². The lowest BCUT2D eigenvalue weighted by Gasteiger charge is -2.13. The highest BCUT2D eigenvalue weighted by Crippen LogP contribution is 2.27. The van der Waals surface area contributed by atoms with Crippen molar-refractivity contribution in [2.75, 3.05) is 5.32 Å². The summed E-state index contributed by atoms with van der Waals surface area (Å²) in [4.78, 5) is 34.2. The second kappa shape index (κ2) is 8.18. The van der Waals surface area contributed by atoms with Crippen molar-refractivity contribution in [3.63, 3.8) is 0 Å². The average Bonchev–Trinajstić information content (AvgIpc) is 3.21. The molecule has 1 N–H and O–H groups in total. The van der Waals surface area contributed by atoms with Gasteiger partial charge in [-0.25, -0.2) is 9.97 Å². The van der Waals surface area contributed by atoms with Crippen LogP contribution in [0, 0.1) is 0 Å². The van der Waals surface area contributed by atoms with Crippen LogP contribution in [0.3, 0.4) is 0 Å². The standard InChI is InChI=1S/C21H18N4O2S2/c1-13(29-21-23-16-11-7-6-10-15(16)19(27)25(21)2)18(26)24-20-22-17(12-28-20)14-8-4-3-5-9-14/h3-13H,1-2H3,(H,22,24,26). The van der Waals surface area contributed by atoms with Gasteiger partial charge < -0.3 is 5.32 Å². The molecule has 1 amide bonds. The topological polar surface area (TPSA) is 76.9 Å². The first-order chi connectivity index (χ1) is 14.0. The number of thioether (sulfide) groups is 1. The Labute approximate surface area is 175 Å². The van der Waals surface area contributed by atoms with Crippen LogP contribution in [-0.2, 0) is 11.8 Å². The van der Waals surface area contributed by atoms with Gasteiger partial charge in [-0.05, 0) is 19.1 Å². The molecule has 2 heterocycles. The van der Waals surface area contributed by atoms with E-state index in [0.29, 0.717) is 21.2 Å². The molecule has 0 saturated carbocycles. The van der Waals surface area contributed by atoms with Crippen LogP contribution in [-0.4, -0.2) is 25.7 Å². The number of nitrogens with one attached hydrogen (secondary N) is 1. The van der Waals surface area contributed by atoms with E-state index in [2.05, 4.69) is 15.3 Å². The van der Waals surface area contributed by atoms with Crippen molar-refractivity contribution >= 4 is 45.0 Å². The number of rotatable bonds is 5. The zero-order chi connectivity index (χ0) is 20.4. The minimum atomic E-state index is -0.446. The molecule has 6 nitrogen and oxygen atoms in total. The number of amides is 1. The lowest BCUT2D eigenvalue weighted by Crippen LogP contribution is -2.25. The van der Waals surface area contributed by atoms with Crippen molar-refractivity contribution in [1.29, 1.82) is 0 Å². The van der Waals surface area contributed by atoms with Gasteiger partial charge in [0.25, 0.3) is 5.56 Å². The molecule has 0 bridgehead atoms. The molecule has 8 heteroatoms.